The number of halogens is 1. The van der Waals surface area contributed by atoms with Crippen LogP contribution in [0.15, 0.2) is 42.5 Å². The fourth-order valence-corrected chi connectivity index (χ4v) is 3.29. The number of rotatable bonds is 6. The number of nitrogens with one attached hydrogen (secondary N) is 1. The fourth-order valence-electron chi connectivity index (χ4n) is 3.12. The topological polar surface area (TPSA) is 67.9 Å². The predicted octanol–water partition coefficient (Wildman–Crippen LogP) is 3.14. The molecule has 1 unspecified atom stereocenters. The first-order chi connectivity index (χ1) is 13.0. The lowest BCUT2D eigenvalue weighted by atomic mass is 10.1. The van der Waals surface area contributed by atoms with E-state index in [1.165, 1.54) is 7.11 Å². The van der Waals surface area contributed by atoms with Crippen LogP contribution in [0.5, 0.6) is 11.5 Å². The minimum absolute atomic E-state index is 0.0359. The highest BCUT2D eigenvalue weighted by atomic mass is 35.5. The van der Waals surface area contributed by atoms with Gasteiger partial charge < -0.3 is 19.7 Å². The molecule has 2 amide bonds. The van der Waals surface area contributed by atoms with Gasteiger partial charge in [-0.2, -0.15) is 0 Å². The fraction of sp³-hybridized carbons (Fsp3) is 0.300. The Bertz CT molecular complexity index is 838. The summed E-state index contributed by atoms with van der Waals surface area (Å²) < 4.78 is 10.4. The van der Waals surface area contributed by atoms with E-state index in [0.29, 0.717) is 35.8 Å². The van der Waals surface area contributed by atoms with Crippen molar-refractivity contribution in [3.63, 3.8) is 0 Å². The zero-order chi connectivity index (χ0) is 19.4. The summed E-state index contributed by atoms with van der Waals surface area (Å²) in [7, 11) is 3.10. The number of amides is 2. The first kappa shape index (κ1) is 19.0. The van der Waals surface area contributed by atoms with Crippen LogP contribution in [0.3, 0.4) is 0 Å². The van der Waals surface area contributed by atoms with Gasteiger partial charge in [0.1, 0.15) is 11.5 Å². The Hall–Kier alpha value is -2.73. The van der Waals surface area contributed by atoms with Crippen molar-refractivity contribution in [2.45, 2.75) is 6.42 Å². The highest BCUT2D eigenvalue weighted by molar-refractivity contribution is 6.31. The van der Waals surface area contributed by atoms with Crippen LogP contribution in [0.2, 0.25) is 5.02 Å². The average Bonchev–Trinajstić information content (AvgIpc) is 3.06. The van der Waals surface area contributed by atoms with Crippen LogP contribution >= 0.6 is 11.6 Å². The molecule has 1 heterocycles. The molecule has 0 radical (unpaired) electrons. The first-order valence-corrected chi connectivity index (χ1v) is 8.95. The lowest BCUT2D eigenvalue weighted by Gasteiger charge is -2.17. The van der Waals surface area contributed by atoms with Crippen molar-refractivity contribution >= 4 is 29.1 Å². The lowest BCUT2D eigenvalue weighted by molar-refractivity contribution is -0.117. The van der Waals surface area contributed by atoms with E-state index in [1.807, 2.05) is 24.3 Å². The van der Waals surface area contributed by atoms with Crippen LogP contribution in [-0.2, 0) is 4.79 Å². The summed E-state index contributed by atoms with van der Waals surface area (Å²) in [5.74, 6) is 1.00. The zero-order valence-corrected chi connectivity index (χ0v) is 16.0. The van der Waals surface area contributed by atoms with Crippen molar-refractivity contribution in [1.82, 2.24) is 5.32 Å². The van der Waals surface area contributed by atoms with E-state index in [1.54, 1.807) is 30.2 Å². The second-order valence-electron chi connectivity index (χ2n) is 6.33. The standard InChI is InChI=1S/C20H21ClN2O4/c1-26-16-6-4-15(5-7-16)23-12-13(9-19(23)24)11-22-20(25)17-10-14(21)3-8-18(17)27-2/h3-8,10,13H,9,11-12H2,1-2H3,(H,22,25). The molecule has 0 aliphatic carbocycles. The molecule has 0 bridgehead atoms. The van der Waals surface area contributed by atoms with Gasteiger partial charge in [-0.15, -0.1) is 0 Å². The van der Waals surface area contributed by atoms with E-state index in [2.05, 4.69) is 5.32 Å². The molecule has 1 aliphatic heterocycles. The Morgan fingerprint density at radius 2 is 1.93 bits per heavy atom. The maximum absolute atomic E-state index is 12.5. The van der Waals surface area contributed by atoms with Crippen LogP contribution in [0.4, 0.5) is 5.69 Å². The third-order valence-electron chi connectivity index (χ3n) is 4.55. The number of hydrogen-bond donors (Lipinski definition) is 1. The molecule has 1 atom stereocenters. The summed E-state index contributed by atoms with van der Waals surface area (Å²) in [5.41, 5.74) is 1.20. The second kappa shape index (κ2) is 8.31. The minimum atomic E-state index is -0.273. The van der Waals surface area contributed by atoms with Gasteiger partial charge >= 0.3 is 0 Å². The third-order valence-corrected chi connectivity index (χ3v) is 4.78. The Balaban J connectivity index is 1.61. The van der Waals surface area contributed by atoms with Crippen LogP contribution in [-0.4, -0.2) is 39.1 Å². The van der Waals surface area contributed by atoms with Gasteiger partial charge in [0.2, 0.25) is 5.91 Å². The molecule has 27 heavy (non-hydrogen) atoms. The number of benzene rings is 2. The van der Waals surface area contributed by atoms with Gasteiger partial charge in [0.05, 0.1) is 19.8 Å². The van der Waals surface area contributed by atoms with Gasteiger partial charge in [-0.1, -0.05) is 11.6 Å². The lowest BCUT2D eigenvalue weighted by Crippen LogP contribution is -2.31. The summed E-state index contributed by atoms with van der Waals surface area (Å²) in [5, 5.41) is 3.34. The van der Waals surface area contributed by atoms with Gasteiger partial charge in [0.25, 0.3) is 5.91 Å². The van der Waals surface area contributed by atoms with E-state index in [0.717, 1.165) is 11.4 Å². The minimum Gasteiger partial charge on any atom is -0.497 e. The second-order valence-corrected chi connectivity index (χ2v) is 6.76. The maximum atomic E-state index is 12.5. The molecule has 0 aromatic heterocycles. The number of nitrogens with zero attached hydrogens (tertiary/aromatic N) is 1. The molecule has 7 heteroatoms. The van der Waals surface area contributed by atoms with E-state index in [9.17, 15) is 9.59 Å². The van der Waals surface area contributed by atoms with E-state index in [4.69, 9.17) is 21.1 Å². The predicted molar refractivity (Wildman–Crippen MR) is 104 cm³/mol. The van der Waals surface area contributed by atoms with Gasteiger partial charge in [-0.3, -0.25) is 9.59 Å². The van der Waals surface area contributed by atoms with Gasteiger partial charge in [0.15, 0.2) is 0 Å². The highest BCUT2D eigenvalue weighted by Gasteiger charge is 2.31. The Labute approximate surface area is 163 Å². The molecule has 2 aromatic carbocycles. The van der Waals surface area contributed by atoms with E-state index >= 15 is 0 Å². The summed E-state index contributed by atoms with van der Waals surface area (Å²) in [6.07, 6.45) is 0.388. The monoisotopic (exact) mass is 388 g/mol. The van der Waals surface area contributed by atoms with Crippen LogP contribution in [0.1, 0.15) is 16.8 Å². The smallest absolute Gasteiger partial charge is 0.255 e. The molecule has 142 valence electrons. The number of hydrogen-bond acceptors (Lipinski definition) is 4. The van der Waals surface area contributed by atoms with E-state index in [-0.39, 0.29) is 17.7 Å². The molecule has 6 nitrogen and oxygen atoms in total. The van der Waals surface area contributed by atoms with Crippen molar-refractivity contribution in [1.29, 1.82) is 0 Å². The van der Waals surface area contributed by atoms with Crippen molar-refractivity contribution in [2.75, 3.05) is 32.2 Å². The Kier molecular flexibility index (Phi) is 5.86. The quantitative estimate of drug-likeness (QED) is 0.825. The summed E-state index contributed by atoms with van der Waals surface area (Å²) in [6.45, 7) is 0.949. The zero-order valence-electron chi connectivity index (χ0n) is 15.2. The summed E-state index contributed by atoms with van der Waals surface area (Å²) in [4.78, 5) is 26.6. The SMILES string of the molecule is COc1ccc(N2CC(CNC(=O)c3cc(Cl)ccc3OC)CC2=O)cc1. The molecular weight excluding hydrogens is 368 g/mol. The normalized spacial score (nSPS) is 16.3. The van der Waals surface area contributed by atoms with Gasteiger partial charge in [-0.05, 0) is 42.5 Å². The molecular formula is C20H21ClN2O4. The number of carbonyl (C=O) groups excluding carboxylic acids is 2. The van der Waals surface area contributed by atoms with Gasteiger partial charge in [0, 0.05) is 36.1 Å². The molecule has 2 aromatic rings. The molecule has 1 fully saturated rings. The third kappa shape index (κ3) is 4.34. The molecule has 1 N–H and O–H groups in total. The molecule has 3 rings (SSSR count). The number of ether oxygens (including phenoxy) is 2. The van der Waals surface area contributed by atoms with Crippen molar-refractivity contribution in [3.05, 3.63) is 53.1 Å². The van der Waals surface area contributed by atoms with E-state index < -0.39 is 0 Å². The largest absolute Gasteiger partial charge is 0.497 e. The Morgan fingerprint density at radius 1 is 1.19 bits per heavy atom. The molecule has 0 spiro atoms. The van der Waals surface area contributed by atoms with Crippen LogP contribution in [0, 0.1) is 5.92 Å². The summed E-state index contributed by atoms with van der Waals surface area (Å²) in [6, 6.07) is 12.2. The van der Waals surface area contributed by atoms with Crippen molar-refractivity contribution < 1.29 is 19.1 Å². The van der Waals surface area contributed by atoms with Crippen LogP contribution < -0.4 is 19.7 Å². The number of anilines is 1. The molecule has 1 saturated heterocycles. The highest BCUT2D eigenvalue weighted by Crippen LogP contribution is 2.27. The molecule has 1 aliphatic rings. The average molecular weight is 389 g/mol. The van der Waals surface area contributed by atoms with Crippen molar-refractivity contribution in [2.24, 2.45) is 5.92 Å². The van der Waals surface area contributed by atoms with Crippen molar-refractivity contribution in [3.8, 4) is 11.5 Å². The maximum Gasteiger partial charge on any atom is 0.255 e. The first-order valence-electron chi connectivity index (χ1n) is 8.58. The number of carbonyl (C=O) groups is 2. The van der Waals surface area contributed by atoms with Crippen LogP contribution in [0.25, 0.3) is 0 Å². The Morgan fingerprint density at radius 3 is 2.59 bits per heavy atom. The van der Waals surface area contributed by atoms with Gasteiger partial charge in [-0.25, -0.2) is 0 Å². The summed E-state index contributed by atoms with van der Waals surface area (Å²) >= 11 is 5.98. The molecule has 0 saturated carbocycles. The number of methoxy groups -OCH3 is 2.